The zero-order valence-electron chi connectivity index (χ0n) is 16.2. The maximum atomic E-state index is 13.2. The Kier molecular flexibility index (Phi) is 5.31. The predicted molar refractivity (Wildman–Crippen MR) is 110 cm³/mol. The highest BCUT2D eigenvalue weighted by molar-refractivity contribution is 6.15. The van der Waals surface area contributed by atoms with Crippen LogP contribution in [0.4, 0.5) is 11.4 Å². The summed E-state index contributed by atoms with van der Waals surface area (Å²) in [5.74, 6) is -0.318. The van der Waals surface area contributed by atoms with Crippen LogP contribution in [0.3, 0.4) is 0 Å². The van der Waals surface area contributed by atoms with Crippen LogP contribution < -0.4 is 15.4 Å². The molecule has 5 heteroatoms. The molecular formula is C22H24N2O3. The van der Waals surface area contributed by atoms with Gasteiger partial charge in [-0.1, -0.05) is 12.1 Å². The van der Waals surface area contributed by atoms with Gasteiger partial charge in [-0.2, -0.15) is 0 Å². The first-order valence-electron chi connectivity index (χ1n) is 9.10. The molecule has 0 unspecified atom stereocenters. The van der Waals surface area contributed by atoms with E-state index in [0.717, 1.165) is 11.1 Å². The van der Waals surface area contributed by atoms with E-state index in [2.05, 4.69) is 0 Å². The lowest BCUT2D eigenvalue weighted by Gasteiger charge is -2.24. The largest absolute Gasteiger partial charge is 0.422 e. The summed E-state index contributed by atoms with van der Waals surface area (Å²) < 4.78 is 5.47. The molecule has 27 heavy (non-hydrogen) atoms. The van der Waals surface area contributed by atoms with E-state index in [-0.39, 0.29) is 11.3 Å². The highest BCUT2D eigenvalue weighted by Crippen LogP contribution is 2.30. The molecule has 0 radical (unpaired) electrons. The van der Waals surface area contributed by atoms with Gasteiger partial charge in [-0.25, -0.2) is 4.79 Å². The van der Waals surface area contributed by atoms with Crippen molar-refractivity contribution in [1.82, 2.24) is 0 Å². The van der Waals surface area contributed by atoms with Gasteiger partial charge in [0.2, 0.25) is 5.78 Å². The predicted octanol–water partition coefficient (Wildman–Crippen LogP) is 3.94. The maximum Gasteiger partial charge on any atom is 0.349 e. The lowest BCUT2D eigenvalue weighted by Crippen LogP contribution is -2.28. The first-order valence-corrected chi connectivity index (χ1v) is 9.10. The van der Waals surface area contributed by atoms with Gasteiger partial charge in [0.25, 0.3) is 0 Å². The minimum atomic E-state index is -0.600. The lowest BCUT2D eigenvalue weighted by molar-refractivity contribution is 0.103. The van der Waals surface area contributed by atoms with Crippen molar-refractivity contribution in [2.45, 2.75) is 13.8 Å². The van der Waals surface area contributed by atoms with Gasteiger partial charge < -0.3 is 14.2 Å². The Bertz CT molecular complexity index is 1020. The maximum absolute atomic E-state index is 13.2. The fourth-order valence-corrected chi connectivity index (χ4v) is 3.26. The Morgan fingerprint density at radius 3 is 2.19 bits per heavy atom. The SMILES string of the molecule is CCN(CC)c1c(C(=O)c2ccc(N(C)C)cc2)c(=O)oc2ccccc12. The first-order chi connectivity index (χ1) is 13.0. The van der Waals surface area contributed by atoms with E-state index in [9.17, 15) is 9.59 Å². The Labute approximate surface area is 158 Å². The molecule has 0 atom stereocenters. The summed E-state index contributed by atoms with van der Waals surface area (Å²) in [5.41, 5.74) is 2.09. The van der Waals surface area contributed by atoms with Crippen molar-refractivity contribution in [3.63, 3.8) is 0 Å². The van der Waals surface area contributed by atoms with E-state index in [4.69, 9.17) is 4.42 Å². The molecule has 5 nitrogen and oxygen atoms in total. The molecule has 0 spiro atoms. The summed E-state index contributed by atoms with van der Waals surface area (Å²) in [4.78, 5) is 30.0. The molecule has 1 heterocycles. The number of fused-ring (bicyclic) bond motifs is 1. The number of benzene rings is 2. The smallest absolute Gasteiger partial charge is 0.349 e. The summed E-state index contributed by atoms with van der Waals surface area (Å²) in [7, 11) is 3.88. The van der Waals surface area contributed by atoms with Gasteiger partial charge in [0.15, 0.2) is 0 Å². The summed E-state index contributed by atoms with van der Waals surface area (Å²) >= 11 is 0. The number of para-hydroxylation sites is 1. The third-order valence-corrected chi connectivity index (χ3v) is 4.74. The molecule has 140 valence electrons. The van der Waals surface area contributed by atoms with Gasteiger partial charge in [0.05, 0.1) is 5.69 Å². The van der Waals surface area contributed by atoms with Crippen LogP contribution in [0.1, 0.15) is 29.8 Å². The van der Waals surface area contributed by atoms with Crippen LogP contribution in [0.25, 0.3) is 11.0 Å². The highest BCUT2D eigenvalue weighted by Gasteiger charge is 2.25. The topological polar surface area (TPSA) is 53.8 Å². The van der Waals surface area contributed by atoms with Crippen molar-refractivity contribution in [2.24, 2.45) is 0 Å². The quantitative estimate of drug-likeness (QED) is 0.490. The molecule has 2 aromatic carbocycles. The number of hydrogen-bond acceptors (Lipinski definition) is 5. The first kappa shape index (κ1) is 18.7. The summed E-state index contributed by atoms with van der Waals surface area (Å²) in [6, 6.07) is 14.6. The average Bonchev–Trinajstić information content (AvgIpc) is 2.68. The number of carbonyl (C=O) groups excluding carboxylic acids is 1. The van der Waals surface area contributed by atoms with E-state index in [0.29, 0.717) is 29.9 Å². The number of nitrogens with zero attached hydrogens (tertiary/aromatic N) is 2. The molecule has 0 aliphatic rings. The summed E-state index contributed by atoms with van der Waals surface area (Å²) in [6.45, 7) is 5.38. The van der Waals surface area contributed by atoms with Gasteiger partial charge in [-0.3, -0.25) is 4.79 Å². The van der Waals surface area contributed by atoms with Gasteiger partial charge in [0, 0.05) is 43.8 Å². The third-order valence-electron chi connectivity index (χ3n) is 4.74. The highest BCUT2D eigenvalue weighted by atomic mass is 16.4. The van der Waals surface area contributed by atoms with Gasteiger partial charge in [-0.05, 0) is 50.2 Å². The van der Waals surface area contributed by atoms with Gasteiger partial charge in [0.1, 0.15) is 11.1 Å². The summed E-state index contributed by atoms with van der Waals surface area (Å²) in [5, 5.41) is 0.772. The Balaban J connectivity index is 2.23. The van der Waals surface area contributed by atoms with Crippen LogP contribution >= 0.6 is 0 Å². The average molecular weight is 364 g/mol. The second-order valence-electron chi connectivity index (χ2n) is 6.55. The van der Waals surface area contributed by atoms with Crippen molar-refractivity contribution in [2.75, 3.05) is 37.0 Å². The van der Waals surface area contributed by atoms with E-state index >= 15 is 0 Å². The van der Waals surface area contributed by atoms with Crippen molar-refractivity contribution in [3.8, 4) is 0 Å². The molecule has 0 aliphatic heterocycles. The van der Waals surface area contributed by atoms with Crippen molar-refractivity contribution in [1.29, 1.82) is 0 Å². The van der Waals surface area contributed by atoms with E-state index < -0.39 is 5.63 Å². The Morgan fingerprint density at radius 1 is 0.963 bits per heavy atom. The van der Waals surface area contributed by atoms with Crippen LogP contribution in [0.2, 0.25) is 0 Å². The minimum absolute atomic E-state index is 0.0926. The van der Waals surface area contributed by atoms with Gasteiger partial charge >= 0.3 is 5.63 Å². The molecular weight excluding hydrogens is 340 g/mol. The molecule has 3 rings (SSSR count). The number of carbonyl (C=O) groups is 1. The standard InChI is InChI=1S/C22H24N2O3/c1-5-24(6-2)20-17-9-7-8-10-18(17)27-22(26)19(20)21(25)15-11-13-16(14-12-15)23(3)4/h7-14H,5-6H2,1-4H3. The second kappa shape index (κ2) is 7.66. The molecule has 0 saturated carbocycles. The molecule has 0 amide bonds. The zero-order chi connectivity index (χ0) is 19.6. The van der Waals surface area contributed by atoms with Crippen LogP contribution in [-0.2, 0) is 0 Å². The summed E-state index contributed by atoms with van der Waals surface area (Å²) in [6.07, 6.45) is 0. The lowest BCUT2D eigenvalue weighted by atomic mass is 10.00. The van der Waals surface area contributed by atoms with E-state index in [1.165, 1.54) is 0 Å². The molecule has 0 aliphatic carbocycles. The fraction of sp³-hybridized carbons (Fsp3) is 0.273. The van der Waals surface area contributed by atoms with Crippen LogP contribution in [-0.4, -0.2) is 33.0 Å². The van der Waals surface area contributed by atoms with Crippen molar-refractivity contribution in [3.05, 3.63) is 70.1 Å². The zero-order valence-corrected chi connectivity index (χ0v) is 16.2. The third kappa shape index (κ3) is 3.45. The van der Waals surface area contributed by atoms with E-state index in [1.54, 1.807) is 18.2 Å². The normalized spacial score (nSPS) is 10.8. The van der Waals surface area contributed by atoms with Crippen molar-refractivity contribution >= 4 is 28.1 Å². The molecule has 0 saturated heterocycles. The fourth-order valence-electron chi connectivity index (χ4n) is 3.26. The van der Waals surface area contributed by atoms with Crippen LogP contribution in [0.15, 0.2) is 57.7 Å². The molecule has 3 aromatic rings. The molecule has 0 fully saturated rings. The number of hydrogen-bond donors (Lipinski definition) is 0. The number of rotatable bonds is 6. The Hall–Kier alpha value is -3.08. The van der Waals surface area contributed by atoms with Crippen LogP contribution in [0.5, 0.6) is 0 Å². The Morgan fingerprint density at radius 2 is 1.59 bits per heavy atom. The van der Waals surface area contributed by atoms with Crippen LogP contribution in [0, 0.1) is 0 Å². The van der Waals surface area contributed by atoms with Crippen molar-refractivity contribution < 1.29 is 9.21 Å². The number of anilines is 2. The number of ketones is 1. The monoisotopic (exact) mass is 364 g/mol. The van der Waals surface area contributed by atoms with Gasteiger partial charge in [-0.15, -0.1) is 0 Å². The molecule has 0 bridgehead atoms. The molecule has 1 aromatic heterocycles. The second-order valence-corrected chi connectivity index (χ2v) is 6.55. The molecule has 0 N–H and O–H groups in total. The minimum Gasteiger partial charge on any atom is -0.422 e. The van der Waals surface area contributed by atoms with E-state index in [1.807, 2.05) is 68.1 Å².